The zero-order chi connectivity index (χ0) is 24.3. The van der Waals surface area contributed by atoms with Crippen molar-refractivity contribution < 1.29 is 27.4 Å². The molecule has 184 valence electrons. The van der Waals surface area contributed by atoms with E-state index in [0.717, 1.165) is 37.7 Å². The summed E-state index contributed by atoms with van der Waals surface area (Å²) in [5.41, 5.74) is 3.03. The third kappa shape index (κ3) is 4.93. The van der Waals surface area contributed by atoms with Crippen LogP contribution in [0.15, 0.2) is 41.3 Å². The first-order valence-electron chi connectivity index (χ1n) is 11.9. The minimum absolute atomic E-state index is 0.0468. The monoisotopic (exact) mass is 487 g/mol. The molecule has 2 aromatic rings. The van der Waals surface area contributed by atoms with Crippen LogP contribution in [0.25, 0.3) is 0 Å². The lowest BCUT2D eigenvalue weighted by Gasteiger charge is -2.36. The molecule has 1 saturated heterocycles. The average molecular weight is 488 g/mol. The number of benzene rings is 2. The molecule has 2 aliphatic heterocycles. The summed E-state index contributed by atoms with van der Waals surface area (Å²) >= 11 is 0. The molecule has 0 spiro atoms. The molecule has 0 bridgehead atoms. The number of methoxy groups -OCH3 is 1. The van der Waals surface area contributed by atoms with Gasteiger partial charge >= 0.3 is 5.97 Å². The van der Waals surface area contributed by atoms with Gasteiger partial charge in [0.2, 0.25) is 0 Å². The fourth-order valence-corrected chi connectivity index (χ4v) is 6.41. The van der Waals surface area contributed by atoms with Crippen molar-refractivity contribution in [3.8, 4) is 5.75 Å². The molecule has 2 aromatic carbocycles. The lowest BCUT2D eigenvalue weighted by atomic mass is 9.96. The highest BCUT2D eigenvalue weighted by atomic mass is 32.2. The van der Waals surface area contributed by atoms with Crippen LogP contribution in [-0.2, 0) is 32.3 Å². The molecule has 0 aliphatic carbocycles. The van der Waals surface area contributed by atoms with Crippen LogP contribution in [0.5, 0.6) is 5.75 Å². The molecule has 4 rings (SSSR count). The van der Waals surface area contributed by atoms with E-state index in [1.807, 2.05) is 19.1 Å². The zero-order valence-corrected chi connectivity index (χ0v) is 20.9. The Labute approximate surface area is 202 Å². The smallest absolute Gasteiger partial charge is 0.341 e. The number of carbonyl (C=O) groups is 1. The second kappa shape index (κ2) is 10.4. The number of aryl methyl sites for hydroxylation is 2. The summed E-state index contributed by atoms with van der Waals surface area (Å²) in [7, 11) is -2.63. The van der Waals surface area contributed by atoms with Gasteiger partial charge in [-0.25, -0.2) is 13.2 Å². The van der Waals surface area contributed by atoms with Crippen LogP contribution in [0.4, 0.5) is 5.69 Å². The number of hydrogen-bond acceptors (Lipinski definition) is 6. The lowest BCUT2D eigenvalue weighted by Crippen LogP contribution is -2.42. The fourth-order valence-electron chi connectivity index (χ4n) is 4.66. The highest BCUT2D eigenvalue weighted by molar-refractivity contribution is 7.92. The van der Waals surface area contributed by atoms with E-state index >= 15 is 0 Å². The number of anilines is 1. The molecule has 1 fully saturated rings. The predicted octanol–water partition coefficient (Wildman–Crippen LogP) is 4.37. The minimum atomic E-state index is -3.91. The number of fused-ring (bicyclic) bond motifs is 1. The molecular formula is C26H33NO6S. The number of hydrogen-bond donors (Lipinski definition) is 0. The molecule has 1 unspecified atom stereocenters. The highest BCUT2D eigenvalue weighted by Gasteiger charge is 2.35. The van der Waals surface area contributed by atoms with Crippen LogP contribution in [0.1, 0.15) is 54.6 Å². The van der Waals surface area contributed by atoms with E-state index in [9.17, 15) is 13.2 Å². The largest absolute Gasteiger partial charge is 0.492 e. The Morgan fingerprint density at radius 3 is 2.59 bits per heavy atom. The Kier molecular flexibility index (Phi) is 7.48. The maximum Gasteiger partial charge on any atom is 0.341 e. The van der Waals surface area contributed by atoms with Gasteiger partial charge in [0.15, 0.2) is 0 Å². The Morgan fingerprint density at radius 1 is 1.12 bits per heavy atom. The first kappa shape index (κ1) is 24.5. The van der Waals surface area contributed by atoms with Gasteiger partial charge in [-0.05, 0) is 80.3 Å². The van der Waals surface area contributed by atoms with Crippen LogP contribution < -0.4 is 9.04 Å². The summed E-state index contributed by atoms with van der Waals surface area (Å²) < 4.78 is 45.4. The van der Waals surface area contributed by atoms with E-state index in [1.165, 1.54) is 29.1 Å². The van der Waals surface area contributed by atoms with Crippen molar-refractivity contribution in [3.63, 3.8) is 0 Å². The van der Waals surface area contributed by atoms with Crippen molar-refractivity contribution in [2.24, 2.45) is 5.92 Å². The molecule has 0 radical (unpaired) electrons. The number of esters is 1. The maximum atomic E-state index is 13.8. The molecule has 8 heteroatoms. The van der Waals surface area contributed by atoms with E-state index in [-0.39, 0.29) is 16.5 Å². The van der Waals surface area contributed by atoms with Crippen LogP contribution in [-0.4, -0.2) is 47.4 Å². The summed E-state index contributed by atoms with van der Waals surface area (Å²) in [6.07, 6.45) is 4.25. The van der Waals surface area contributed by atoms with E-state index in [4.69, 9.17) is 14.2 Å². The number of nitrogens with zero attached hydrogens (tertiary/aromatic N) is 1. The van der Waals surface area contributed by atoms with Crippen molar-refractivity contribution in [1.29, 1.82) is 0 Å². The molecule has 34 heavy (non-hydrogen) atoms. The summed E-state index contributed by atoms with van der Waals surface area (Å²) in [6.45, 7) is 5.84. The molecule has 2 heterocycles. The van der Waals surface area contributed by atoms with Crippen LogP contribution in [0.2, 0.25) is 0 Å². The molecule has 0 N–H and O–H groups in total. The standard InChI is InChI=1S/C26H33NO6S/c1-4-19-6-9-24-21(15-19)7-5-18(2)27(24)34(29,30)22-8-10-25(23(16-22)26(28)31-3)33-17-20-11-13-32-14-12-20/h6,8-10,15-16,18,20H,4-5,7,11-14,17H2,1-3H3. The van der Waals surface area contributed by atoms with Crippen LogP contribution in [0, 0.1) is 5.92 Å². The molecule has 2 aliphatic rings. The van der Waals surface area contributed by atoms with E-state index in [1.54, 1.807) is 6.07 Å². The first-order valence-corrected chi connectivity index (χ1v) is 13.4. The lowest BCUT2D eigenvalue weighted by molar-refractivity contribution is 0.0483. The van der Waals surface area contributed by atoms with Crippen molar-refractivity contribution in [2.45, 2.75) is 56.9 Å². The van der Waals surface area contributed by atoms with Crippen LogP contribution in [0.3, 0.4) is 0 Å². The number of sulfonamides is 1. The van der Waals surface area contributed by atoms with Gasteiger partial charge in [0.05, 0.1) is 24.3 Å². The molecule has 7 nitrogen and oxygen atoms in total. The Balaban J connectivity index is 1.67. The number of ether oxygens (including phenoxy) is 3. The van der Waals surface area contributed by atoms with Gasteiger partial charge in [-0.1, -0.05) is 19.1 Å². The Hall–Kier alpha value is -2.58. The van der Waals surface area contributed by atoms with Crippen molar-refractivity contribution >= 4 is 21.7 Å². The highest BCUT2D eigenvalue weighted by Crippen LogP contribution is 2.37. The summed E-state index contributed by atoms with van der Waals surface area (Å²) in [5, 5.41) is 0. The van der Waals surface area contributed by atoms with Crippen molar-refractivity contribution in [2.75, 3.05) is 31.2 Å². The van der Waals surface area contributed by atoms with E-state index in [2.05, 4.69) is 13.0 Å². The Bertz CT molecular complexity index is 1140. The summed E-state index contributed by atoms with van der Waals surface area (Å²) in [4.78, 5) is 12.6. The number of rotatable bonds is 7. The van der Waals surface area contributed by atoms with Gasteiger partial charge in [-0.15, -0.1) is 0 Å². The normalized spacial score (nSPS) is 18.9. The third-order valence-electron chi connectivity index (χ3n) is 6.75. The molecule has 0 aromatic heterocycles. The van der Waals surface area contributed by atoms with Gasteiger partial charge in [0, 0.05) is 19.3 Å². The van der Waals surface area contributed by atoms with Gasteiger partial charge in [-0.2, -0.15) is 0 Å². The summed E-state index contributed by atoms with van der Waals surface area (Å²) in [6, 6.07) is 10.2. The molecule has 1 atom stereocenters. The van der Waals surface area contributed by atoms with Gasteiger partial charge in [0.1, 0.15) is 11.3 Å². The Morgan fingerprint density at radius 2 is 1.88 bits per heavy atom. The fraction of sp³-hybridized carbons (Fsp3) is 0.500. The van der Waals surface area contributed by atoms with Crippen molar-refractivity contribution in [1.82, 2.24) is 0 Å². The van der Waals surface area contributed by atoms with Crippen molar-refractivity contribution in [3.05, 3.63) is 53.1 Å². The predicted molar refractivity (Wildman–Crippen MR) is 130 cm³/mol. The molecule has 0 amide bonds. The quantitative estimate of drug-likeness (QED) is 0.540. The van der Waals surface area contributed by atoms with Crippen LogP contribution >= 0.6 is 0 Å². The third-order valence-corrected chi connectivity index (χ3v) is 8.67. The topological polar surface area (TPSA) is 82.1 Å². The molecular weight excluding hydrogens is 454 g/mol. The number of carbonyl (C=O) groups excluding carboxylic acids is 1. The maximum absolute atomic E-state index is 13.8. The average Bonchev–Trinajstić information content (AvgIpc) is 2.86. The SMILES string of the molecule is CCc1ccc2c(c1)CCC(C)N2S(=O)(=O)c1ccc(OCC2CCOCC2)c(C(=O)OC)c1. The van der Waals surface area contributed by atoms with Gasteiger partial charge in [-0.3, -0.25) is 4.31 Å². The zero-order valence-electron chi connectivity index (χ0n) is 20.1. The second-order valence-corrected chi connectivity index (χ2v) is 10.8. The van der Waals surface area contributed by atoms with Gasteiger partial charge in [0.25, 0.3) is 10.0 Å². The summed E-state index contributed by atoms with van der Waals surface area (Å²) in [5.74, 6) is 0.0389. The van der Waals surface area contributed by atoms with E-state index < -0.39 is 16.0 Å². The molecule has 0 saturated carbocycles. The first-order chi connectivity index (χ1) is 16.3. The second-order valence-electron chi connectivity index (χ2n) is 9.02. The van der Waals surface area contributed by atoms with E-state index in [0.29, 0.717) is 37.2 Å². The van der Waals surface area contributed by atoms with Gasteiger partial charge < -0.3 is 14.2 Å². The minimum Gasteiger partial charge on any atom is -0.492 e.